The molecule has 0 fully saturated rings. The minimum Gasteiger partial charge on any atom is -0.481 e. The molecule has 1 aromatic rings. The molecule has 0 aromatic heterocycles. The molecular weight excluding hydrogens is 282 g/mol. The van der Waals surface area contributed by atoms with Crippen LogP contribution < -0.4 is 10.1 Å². The van der Waals surface area contributed by atoms with E-state index in [4.69, 9.17) is 9.84 Å². The van der Waals surface area contributed by atoms with Crippen LogP contribution in [0.1, 0.15) is 50.7 Å². The Morgan fingerprint density at radius 1 is 1.27 bits per heavy atom. The number of carboxylic acid groups (broad SMARTS) is 1. The van der Waals surface area contributed by atoms with Gasteiger partial charge in [0, 0.05) is 13.0 Å². The number of hydrogen-bond donors (Lipinski definition) is 2. The number of carboxylic acids is 1. The van der Waals surface area contributed by atoms with Crippen LogP contribution in [0, 0.1) is 6.92 Å². The smallest absolute Gasteiger partial charge is 0.303 e. The second kappa shape index (κ2) is 8.41. The van der Waals surface area contributed by atoms with Crippen molar-refractivity contribution >= 4 is 11.9 Å². The van der Waals surface area contributed by atoms with E-state index >= 15 is 0 Å². The molecule has 22 heavy (non-hydrogen) atoms. The van der Waals surface area contributed by atoms with Crippen molar-refractivity contribution in [3.63, 3.8) is 0 Å². The van der Waals surface area contributed by atoms with Gasteiger partial charge in [-0.05, 0) is 43.4 Å². The van der Waals surface area contributed by atoms with Crippen molar-refractivity contribution in [1.29, 1.82) is 0 Å². The van der Waals surface area contributed by atoms with Gasteiger partial charge in [-0.25, -0.2) is 0 Å². The second-order valence-corrected chi connectivity index (χ2v) is 5.74. The molecule has 0 bridgehead atoms. The van der Waals surface area contributed by atoms with Gasteiger partial charge >= 0.3 is 5.97 Å². The fourth-order valence-electron chi connectivity index (χ4n) is 2.06. The van der Waals surface area contributed by atoms with Crippen LogP contribution in [0.5, 0.6) is 5.75 Å². The molecule has 0 radical (unpaired) electrons. The van der Waals surface area contributed by atoms with E-state index in [1.807, 2.05) is 25.1 Å². The third-order valence-electron chi connectivity index (χ3n) is 3.33. The molecule has 1 rings (SSSR count). The van der Waals surface area contributed by atoms with Gasteiger partial charge in [-0.2, -0.15) is 0 Å². The van der Waals surface area contributed by atoms with E-state index in [1.54, 1.807) is 6.92 Å². The first-order valence-corrected chi connectivity index (χ1v) is 7.58. The zero-order valence-corrected chi connectivity index (χ0v) is 13.7. The van der Waals surface area contributed by atoms with Crippen LogP contribution in [0.25, 0.3) is 0 Å². The summed E-state index contributed by atoms with van der Waals surface area (Å²) in [6, 6.07) is 5.98. The van der Waals surface area contributed by atoms with E-state index in [-0.39, 0.29) is 12.3 Å². The summed E-state index contributed by atoms with van der Waals surface area (Å²) in [7, 11) is 0. The van der Waals surface area contributed by atoms with Crippen LogP contribution >= 0.6 is 0 Å². The molecule has 1 amide bonds. The fourth-order valence-corrected chi connectivity index (χ4v) is 2.06. The zero-order chi connectivity index (χ0) is 16.7. The Morgan fingerprint density at radius 2 is 1.95 bits per heavy atom. The topological polar surface area (TPSA) is 75.6 Å². The van der Waals surface area contributed by atoms with Crippen molar-refractivity contribution in [2.75, 3.05) is 6.54 Å². The number of amides is 1. The minimum absolute atomic E-state index is 0.0465. The number of nitrogens with one attached hydrogen (secondary N) is 1. The van der Waals surface area contributed by atoms with Crippen molar-refractivity contribution in [3.05, 3.63) is 29.3 Å². The third kappa shape index (κ3) is 5.76. The molecule has 1 unspecified atom stereocenters. The quantitative estimate of drug-likeness (QED) is 0.724. The van der Waals surface area contributed by atoms with E-state index in [0.717, 1.165) is 16.9 Å². The average molecular weight is 307 g/mol. The Hall–Kier alpha value is -2.04. The van der Waals surface area contributed by atoms with E-state index < -0.39 is 12.1 Å². The Labute approximate surface area is 131 Å². The van der Waals surface area contributed by atoms with Crippen LogP contribution in [0.15, 0.2) is 18.2 Å². The summed E-state index contributed by atoms with van der Waals surface area (Å²) in [5.74, 6) is -0.0638. The first-order valence-electron chi connectivity index (χ1n) is 7.58. The highest BCUT2D eigenvalue weighted by Gasteiger charge is 2.17. The Bertz CT molecular complexity index is 525. The molecular formula is C17H25NO4. The van der Waals surface area contributed by atoms with Crippen molar-refractivity contribution in [1.82, 2.24) is 5.32 Å². The van der Waals surface area contributed by atoms with Crippen molar-refractivity contribution < 1.29 is 19.4 Å². The summed E-state index contributed by atoms with van der Waals surface area (Å²) in [4.78, 5) is 22.4. The van der Waals surface area contributed by atoms with E-state index in [2.05, 4.69) is 19.2 Å². The molecule has 0 aliphatic rings. The van der Waals surface area contributed by atoms with Crippen molar-refractivity contribution in [2.45, 2.75) is 52.6 Å². The second-order valence-electron chi connectivity index (χ2n) is 5.74. The molecule has 122 valence electrons. The monoisotopic (exact) mass is 307 g/mol. The van der Waals surface area contributed by atoms with E-state index in [1.165, 1.54) is 0 Å². The summed E-state index contributed by atoms with van der Waals surface area (Å²) in [6.45, 7) is 8.17. The van der Waals surface area contributed by atoms with Crippen LogP contribution in [0.2, 0.25) is 0 Å². The molecule has 0 spiro atoms. The van der Waals surface area contributed by atoms with E-state index in [9.17, 15) is 9.59 Å². The molecule has 2 N–H and O–H groups in total. The number of aliphatic carboxylic acids is 1. The van der Waals surface area contributed by atoms with E-state index in [0.29, 0.717) is 18.9 Å². The van der Waals surface area contributed by atoms with Crippen LogP contribution in [0.3, 0.4) is 0 Å². The molecule has 0 aliphatic carbocycles. The van der Waals surface area contributed by atoms with Gasteiger partial charge < -0.3 is 15.2 Å². The van der Waals surface area contributed by atoms with Gasteiger partial charge in [-0.1, -0.05) is 26.0 Å². The molecule has 5 nitrogen and oxygen atoms in total. The normalized spacial score (nSPS) is 12.0. The van der Waals surface area contributed by atoms with Gasteiger partial charge in [0.15, 0.2) is 6.10 Å². The maximum absolute atomic E-state index is 12.0. The lowest BCUT2D eigenvalue weighted by Gasteiger charge is -2.19. The summed E-state index contributed by atoms with van der Waals surface area (Å²) >= 11 is 0. The fraction of sp³-hybridized carbons (Fsp3) is 0.529. The molecule has 0 saturated heterocycles. The lowest BCUT2D eigenvalue weighted by molar-refractivity contribution is -0.137. The number of rotatable bonds is 8. The first kappa shape index (κ1) is 18.0. The number of hydrogen-bond acceptors (Lipinski definition) is 3. The summed E-state index contributed by atoms with van der Waals surface area (Å²) in [5, 5.41) is 11.2. The molecule has 0 saturated carbocycles. The zero-order valence-electron chi connectivity index (χ0n) is 13.7. The lowest BCUT2D eigenvalue weighted by atomic mass is 10.0. The predicted molar refractivity (Wildman–Crippen MR) is 85.2 cm³/mol. The van der Waals surface area contributed by atoms with Gasteiger partial charge in [0.2, 0.25) is 0 Å². The molecule has 1 atom stereocenters. The Balaban J connectivity index is 2.60. The summed E-state index contributed by atoms with van der Waals surface area (Å²) in [6.07, 6.45) is -0.162. The van der Waals surface area contributed by atoms with Crippen molar-refractivity contribution in [2.24, 2.45) is 0 Å². The number of ether oxygens (including phenoxy) is 1. The largest absolute Gasteiger partial charge is 0.481 e. The van der Waals surface area contributed by atoms with Crippen LogP contribution in [-0.4, -0.2) is 29.6 Å². The van der Waals surface area contributed by atoms with Crippen LogP contribution in [0.4, 0.5) is 0 Å². The molecule has 0 heterocycles. The highest BCUT2D eigenvalue weighted by Crippen LogP contribution is 2.28. The first-order chi connectivity index (χ1) is 10.3. The Morgan fingerprint density at radius 3 is 2.55 bits per heavy atom. The summed E-state index contributed by atoms with van der Waals surface area (Å²) < 4.78 is 5.80. The van der Waals surface area contributed by atoms with Gasteiger partial charge in [0.05, 0.1) is 0 Å². The molecule has 0 aliphatic heterocycles. The maximum Gasteiger partial charge on any atom is 0.303 e. The summed E-state index contributed by atoms with van der Waals surface area (Å²) in [5.41, 5.74) is 2.14. The maximum atomic E-state index is 12.0. The number of benzene rings is 1. The van der Waals surface area contributed by atoms with Gasteiger partial charge in [0.1, 0.15) is 5.75 Å². The van der Waals surface area contributed by atoms with Crippen molar-refractivity contribution in [3.8, 4) is 5.75 Å². The predicted octanol–water partition coefficient (Wildman–Crippen LogP) is 2.87. The number of aryl methyl sites for hydroxylation is 1. The lowest BCUT2D eigenvalue weighted by Crippen LogP contribution is -2.37. The highest BCUT2D eigenvalue weighted by atomic mass is 16.5. The SMILES string of the molecule is Cc1ccc(C(C)C)c(OC(C)C(=O)NCCCC(=O)O)c1. The Kier molecular flexibility index (Phi) is 6.89. The van der Waals surface area contributed by atoms with Crippen LogP contribution in [-0.2, 0) is 9.59 Å². The molecule has 5 heteroatoms. The van der Waals surface area contributed by atoms with Gasteiger partial charge in [0.25, 0.3) is 5.91 Å². The average Bonchev–Trinajstić information content (AvgIpc) is 2.42. The van der Waals surface area contributed by atoms with Gasteiger partial charge in [-0.3, -0.25) is 9.59 Å². The highest BCUT2D eigenvalue weighted by molar-refractivity contribution is 5.80. The standard InChI is InChI=1S/C17H25NO4/c1-11(2)14-8-7-12(3)10-15(14)22-13(4)17(21)18-9-5-6-16(19)20/h7-8,10-11,13H,5-6,9H2,1-4H3,(H,18,21)(H,19,20). The van der Waals surface area contributed by atoms with Gasteiger partial charge in [-0.15, -0.1) is 0 Å². The number of carbonyl (C=O) groups is 2. The molecule has 1 aromatic carbocycles. The minimum atomic E-state index is -0.861. The number of carbonyl (C=O) groups excluding carboxylic acids is 1. The third-order valence-corrected chi connectivity index (χ3v) is 3.33.